The molecular formula is C26H22N4O2. The van der Waals surface area contributed by atoms with Crippen LogP contribution in [0.4, 0.5) is 5.95 Å². The average Bonchev–Trinajstić information content (AvgIpc) is 3.31. The number of hydrogen-bond acceptors (Lipinski definition) is 5. The second-order valence-electron chi connectivity index (χ2n) is 8.06. The molecule has 0 bridgehead atoms. The number of benzene rings is 3. The molecule has 3 heterocycles. The van der Waals surface area contributed by atoms with Gasteiger partial charge < -0.3 is 14.8 Å². The second kappa shape index (κ2) is 7.27. The first-order valence-electron chi connectivity index (χ1n) is 10.6. The van der Waals surface area contributed by atoms with E-state index in [0.29, 0.717) is 5.95 Å². The molecule has 0 unspecified atom stereocenters. The SMILES string of the molecule is COc1ccc([C@@H]2C3=C(Nc4ncnn42)c2ccccc2O[C@H]3c2ccc(C)cc2)cc1. The molecule has 0 aliphatic carbocycles. The molecule has 1 aromatic heterocycles. The van der Waals surface area contributed by atoms with Crippen molar-refractivity contribution in [1.29, 1.82) is 0 Å². The van der Waals surface area contributed by atoms with E-state index in [-0.39, 0.29) is 12.1 Å². The van der Waals surface area contributed by atoms with Crippen molar-refractivity contribution in [3.05, 3.63) is 107 Å². The Hall–Kier alpha value is -4.06. The zero-order chi connectivity index (χ0) is 21.7. The molecule has 32 heavy (non-hydrogen) atoms. The average molecular weight is 422 g/mol. The maximum Gasteiger partial charge on any atom is 0.226 e. The number of aryl methyl sites for hydroxylation is 1. The highest BCUT2D eigenvalue weighted by atomic mass is 16.5. The van der Waals surface area contributed by atoms with Crippen LogP contribution < -0.4 is 14.8 Å². The number of para-hydroxylation sites is 1. The Labute approximate surface area is 186 Å². The number of nitrogens with zero attached hydrogens (tertiary/aromatic N) is 3. The summed E-state index contributed by atoms with van der Waals surface area (Å²) in [6.45, 7) is 2.09. The zero-order valence-electron chi connectivity index (χ0n) is 17.8. The van der Waals surface area contributed by atoms with Gasteiger partial charge >= 0.3 is 0 Å². The molecule has 6 heteroatoms. The first kappa shape index (κ1) is 18.7. The van der Waals surface area contributed by atoms with Gasteiger partial charge in [0.1, 0.15) is 30.0 Å². The van der Waals surface area contributed by atoms with Crippen LogP contribution in [-0.2, 0) is 0 Å². The summed E-state index contributed by atoms with van der Waals surface area (Å²) in [5, 5.41) is 8.10. The van der Waals surface area contributed by atoms with Crippen molar-refractivity contribution in [2.75, 3.05) is 12.4 Å². The van der Waals surface area contributed by atoms with Gasteiger partial charge in [-0.3, -0.25) is 0 Å². The Bertz CT molecular complexity index is 1320. The first-order valence-corrected chi connectivity index (χ1v) is 10.6. The Kier molecular flexibility index (Phi) is 4.24. The summed E-state index contributed by atoms with van der Waals surface area (Å²) in [7, 11) is 1.68. The highest BCUT2D eigenvalue weighted by molar-refractivity contribution is 5.85. The van der Waals surface area contributed by atoms with Gasteiger partial charge in [0.2, 0.25) is 5.95 Å². The summed E-state index contributed by atoms with van der Waals surface area (Å²) in [6, 6.07) is 24.6. The van der Waals surface area contributed by atoms with Crippen molar-refractivity contribution in [1.82, 2.24) is 14.8 Å². The summed E-state index contributed by atoms with van der Waals surface area (Å²) in [5.41, 5.74) is 6.56. The standard InChI is InChI=1S/C26H22N4O2/c1-16-7-9-18(10-8-16)25-22-23(20-5-3-4-6-21(20)32-25)29-26-27-15-28-30(26)24(22)17-11-13-19(31-2)14-12-17/h3-15,24-25H,1-2H3,(H,27,28,29)/t24-,25+/m1/s1. The van der Waals surface area contributed by atoms with E-state index in [9.17, 15) is 0 Å². The number of hydrogen-bond donors (Lipinski definition) is 1. The van der Waals surface area contributed by atoms with Crippen molar-refractivity contribution < 1.29 is 9.47 Å². The summed E-state index contributed by atoms with van der Waals surface area (Å²) in [5.74, 6) is 2.38. The molecule has 2 aliphatic heterocycles. The Morgan fingerprint density at radius 2 is 1.69 bits per heavy atom. The third kappa shape index (κ3) is 2.87. The molecule has 0 radical (unpaired) electrons. The van der Waals surface area contributed by atoms with Crippen molar-refractivity contribution in [2.45, 2.75) is 19.1 Å². The minimum atomic E-state index is -0.266. The molecule has 2 aliphatic rings. The molecule has 0 fully saturated rings. The lowest BCUT2D eigenvalue weighted by molar-refractivity contribution is 0.223. The highest BCUT2D eigenvalue weighted by Crippen LogP contribution is 2.50. The minimum absolute atomic E-state index is 0.172. The lowest BCUT2D eigenvalue weighted by atomic mass is 9.84. The van der Waals surface area contributed by atoms with E-state index in [0.717, 1.165) is 39.5 Å². The van der Waals surface area contributed by atoms with Crippen LogP contribution in [0.25, 0.3) is 5.70 Å². The van der Waals surface area contributed by atoms with Crippen molar-refractivity contribution in [3.63, 3.8) is 0 Å². The molecule has 2 atom stereocenters. The van der Waals surface area contributed by atoms with Gasteiger partial charge in [-0.1, -0.05) is 54.1 Å². The van der Waals surface area contributed by atoms with E-state index in [1.54, 1.807) is 13.4 Å². The number of fused-ring (bicyclic) bond motifs is 3. The number of methoxy groups -OCH3 is 1. The van der Waals surface area contributed by atoms with Gasteiger partial charge in [-0.2, -0.15) is 10.1 Å². The first-order chi connectivity index (χ1) is 15.7. The molecular weight excluding hydrogens is 400 g/mol. The van der Waals surface area contributed by atoms with Crippen LogP contribution in [0.2, 0.25) is 0 Å². The molecule has 3 aromatic carbocycles. The van der Waals surface area contributed by atoms with Gasteiger partial charge in [0.15, 0.2) is 0 Å². The molecule has 1 N–H and O–H groups in total. The zero-order valence-corrected chi connectivity index (χ0v) is 17.8. The summed E-state index contributed by atoms with van der Waals surface area (Å²) in [6.07, 6.45) is 1.32. The van der Waals surface area contributed by atoms with Crippen LogP contribution in [-0.4, -0.2) is 21.9 Å². The largest absolute Gasteiger partial charge is 0.497 e. The molecule has 6 nitrogen and oxygen atoms in total. The monoisotopic (exact) mass is 422 g/mol. The van der Waals surface area contributed by atoms with Crippen molar-refractivity contribution in [3.8, 4) is 11.5 Å². The summed E-state index contributed by atoms with van der Waals surface area (Å²) < 4.78 is 13.9. The lowest BCUT2D eigenvalue weighted by Gasteiger charge is -2.39. The van der Waals surface area contributed by atoms with E-state index in [1.807, 2.05) is 35.0 Å². The molecule has 4 aromatic rings. The van der Waals surface area contributed by atoms with Crippen LogP contribution in [0.1, 0.15) is 34.4 Å². The third-order valence-electron chi connectivity index (χ3n) is 6.13. The number of aromatic nitrogens is 3. The van der Waals surface area contributed by atoms with Crippen LogP contribution in [0, 0.1) is 6.92 Å². The van der Waals surface area contributed by atoms with Gasteiger partial charge in [-0.05, 0) is 42.3 Å². The van der Waals surface area contributed by atoms with Crippen LogP contribution in [0.5, 0.6) is 11.5 Å². The van der Waals surface area contributed by atoms with Crippen LogP contribution in [0.3, 0.4) is 0 Å². The fraction of sp³-hybridized carbons (Fsp3) is 0.154. The van der Waals surface area contributed by atoms with Crippen molar-refractivity contribution >= 4 is 11.6 Å². The van der Waals surface area contributed by atoms with Gasteiger partial charge in [0, 0.05) is 11.1 Å². The maximum atomic E-state index is 6.63. The highest BCUT2D eigenvalue weighted by Gasteiger charge is 2.40. The van der Waals surface area contributed by atoms with Gasteiger partial charge in [-0.25, -0.2) is 4.68 Å². The van der Waals surface area contributed by atoms with E-state index < -0.39 is 0 Å². The van der Waals surface area contributed by atoms with E-state index >= 15 is 0 Å². The topological polar surface area (TPSA) is 61.2 Å². The fourth-order valence-electron chi connectivity index (χ4n) is 4.54. The summed E-state index contributed by atoms with van der Waals surface area (Å²) >= 11 is 0. The molecule has 0 saturated carbocycles. The predicted molar refractivity (Wildman–Crippen MR) is 123 cm³/mol. The molecule has 0 amide bonds. The van der Waals surface area contributed by atoms with Gasteiger partial charge in [-0.15, -0.1) is 0 Å². The van der Waals surface area contributed by atoms with E-state index in [4.69, 9.17) is 9.47 Å². The Morgan fingerprint density at radius 1 is 0.938 bits per heavy atom. The maximum absolute atomic E-state index is 6.63. The van der Waals surface area contributed by atoms with Crippen LogP contribution >= 0.6 is 0 Å². The predicted octanol–water partition coefficient (Wildman–Crippen LogP) is 5.16. The van der Waals surface area contributed by atoms with Gasteiger partial charge in [0.05, 0.1) is 12.8 Å². The molecule has 158 valence electrons. The third-order valence-corrected chi connectivity index (χ3v) is 6.13. The molecule has 0 spiro atoms. The van der Waals surface area contributed by atoms with Crippen LogP contribution in [0.15, 0.2) is 84.7 Å². The number of nitrogens with one attached hydrogen (secondary N) is 1. The number of ether oxygens (including phenoxy) is 2. The normalized spacial score (nSPS) is 18.7. The smallest absolute Gasteiger partial charge is 0.226 e. The molecule has 0 saturated heterocycles. The number of anilines is 1. The fourth-order valence-corrected chi connectivity index (χ4v) is 4.54. The Balaban J connectivity index is 1.60. The second-order valence-corrected chi connectivity index (χ2v) is 8.06. The minimum Gasteiger partial charge on any atom is -0.497 e. The van der Waals surface area contributed by atoms with Gasteiger partial charge in [0.25, 0.3) is 0 Å². The lowest BCUT2D eigenvalue weighted by Crippen LogP contribution is -2.32. The number of rotatable bonds is 3. The summed E-state index contributed by atoms with van der Waals surface area (Å²) in [4.78, 5) is 4.48. The van der Waals surface area contributed by atoms with Crippen molar-refractivity contribution in [2.24, 2.45) is 0 Å². The van der Waals surface area contributed by atoms with E-state index in [2.05, 4.69) is 64.8 Å². The quantitative estimate of drug-likeness (QED) is 0.494. The van der Waals surface area contributed by atoms with E-state index in [1.165, 1.54) is 5.56 Å². The Morgan fingerprint density at radius 3 is 2.47 bits per heavy atom. The molecule has 6 rings (SSSR count).